The van der Waals surface area contributed by atoms with Gasteiger partial charge < -0.3 is 9.80 Å². The van der Waals surface area contributed by atoms with Crippen LogP contribution in [0.25, 0.3) is 0 Å². The maximum atomic E-state index is 4.99. The quantitative estimate of drug-likeness (QED) is 0.683. The Kier molecular flexibility index (Phi) is 3.45. The molecule has 0 fully saturated rings. The van der Waals surface area contributed by atoms with Gasteiger partial charge in [-0.1, -0.05) is 36.4 Å². The summed E-state index contributed by atoms with van der Waals surface area (Å²) in [5, 5.41) is 0. The lowest BCUT2D eigenvalue weighted by atomic mass is 10.1. The van der Waals surface area contributed by atoms with E-state index in [1.165, 1.54) is 22.5 Å². The summed E-state index contributed by atoms with van der Waals surface area (Å²) in [6.07, 6.45) is 2.10. The SMILES string of the molecule is Cc1cc(N2c3ccccc3CC2C)nc(N2CCc3ccccc32)n1. The van der Waals surface area contributed by atoms with Crippen LogP contribution in [0.1, 0.15) is 23.7 Å². The molecular formula is C22H22N4. The van der Waals surface area contributed by atoms with E-state index >= 15 is 0 Å². The highest BCUT2D eigenvalue weighted by Crippen LogP contribution is 2.39. The van der Waals surface area contributed by atoms with Gasteiger partial charge in [0.1, 0.15) is 5.82 Å². The topological polar surface area (TPSA) is 32.3 Å². The van der Waals surface area contributed by atoms with Crippen molar-refractivity contribution in [2.24, 2.45) is 0 Å². The number of anilines is 4. The zero-order valence-electron chi connectivity index (χ0n) is 15.2. The fourth-order valence-electron chi connectivity index (χ4n) is 4.24. The van der Waals surface area contributed by atoms with E-state index in [0.29, 0.717) is 6.04 Å². The third-order valence-corrected chi connectivity index (χ3v) is 5.41. The Morgan fingerprint density at radius 2 is 1.65 bits per heavy atom. The highest BCUT2D eigenvalue weighted by atomic mass is 15.3. The maximum absolute atomic E-state index is 4.99. The summed E-state index contributed by atoms with van der Waals surface area (Å²) in [7, 11) is 0. The lowest BCUT2D eigenvalue weighted by Crippen LogP contribution is -2.26. The monoisotopic (exact) mass is 342 g/mol. The third-order valence-electron chi connectivity index (χ3n) is 5.41. The molecule has 0 bridgehead atoms. The second-order valence-corrected chi connectivity index (χ2v) is 7.25. The predicted octanol–water partition coefficient (Wildman–Crippen LogP) is 4.56. The normalized spacial score (nSPS) is 18.2. The van der Waals surface area contributed by atoms with Crippen molar-refractivity contribution in [3.63, 3.8) is 0 Å². The van der Waals surface area contributed by atoms with Gasteiger partial charge in [0.2, 0.25) is 5.95 Å². The number of aryl methyl sites for hydroxylation is 1. The van der Waals surface area contributed by atoms with Crippen LogP contribution in [0.15, 0.2) is 54.6 Å². The molecular weight excluding hydrogens is 320 g/mol. The number of fused-ring (bicyclic) bond motifs is 2. The molecule has 3 aromatic rings. The van der Waals surface area contributed by atoms with Crippen molar-refractivity contribution in [3.8, 4) is 0 Å². The Hall–Kier alpha value is -2.88. The molecule has 1 atom stereocenters. The van der Waals surface area contributed by atoms with Crippen LogP contribution in [-0.4, -0.2) is 22.6 Å². The lowest BCUT2D eigenvalue weighted by molar-refractivity contribution is 0.747. The van der Waals surface area contributed by atoms with Crippen molar-refractivity contribution < 1.29 is 0 Å². The highest BCUT2D eigenvalue weighted by Gasteiger charge is 2.29. The van der Waals surface area contributed by atoms with Gasteiger partial charge in [-0.3, -0.25) is 0 Å². The van der Waals surface area contributed by atoms with Crippen LogP contribution in [0, 0.1) is 6.92 Å². The van der Waals surface area contributed by atoms with E-state index in [1.807, 2.05) is 0 Å². The summed E-state index contributed by atoms with van der Waals surface area (Å²) in [5.74, 6) is 1.80. The van der Waals surface area contributed by atoms with Crippen molar-refractivity contribution >= 4 is 23.1 Å². The van der Waals surface area contributed by atoms with Gasteiger partial charge >= 0.3 is 0 Å². The van der Waals surface area contributed by atoms with Crippen LogP contribution in [0.2, 0.25) is 0 Å². The first kappa shape index (κ1) is 15.4. The molecule has 0 radical (unpaired) electrons. The molecule has 0 N–H and O–H groups in total. The maximum Gasteiger partial charge on any atom is 0.232 e. The summed E-state index contributed by atoms with van der Waals surface area (Å²) >= 11 is 0. The molecule has 1 unspecified atom stereocenters. The fraction of sp³-hybridized carbons (Fsp3) is 0.273. The molecule has 0 spiro atoms. The average Bonchev–Trinajstić information content (AvgIpc) is 3.21. The summed E-state index contributed by atoms with van der Waals surface area (Å²) in [6, 6.07) is 19.7. The molecule has 130 valence electrons. The first-order chi connectivity index (χ1) is 12.7. The van der Waals surface area contributed by atoms with Crippen molar-refractivity contribution in [2.45, 2.75) is 32.7 Å². The van der Waals surface area contributed by atoms with Crippen molar-refractivity contribution in [2.75, 3.05) is 16.3 Å². The van der Waals surface area contributed by atoms with Crippen molar-refractivity contribution in [3.05, 3.63) is 71.4 Å². The molecule has 2 aliphatic heterocycles. The highest BCUT2D eigenvalue weighted by molar-refractivity contribution is 5.71. The molecule has 0 saturated carbocycles. The molecule has 4 nitrogen and oxygen atoms in total. The van der Waals surface area contributed by atoms with Gasteiger partial charge in [0, 0.05) is 35.7 Å². The van der Waals surface area contributed by atoms with E-state index in [-0.39, 0.29) is 0 Å². The largest absolute Gasteiger partial charge is 0.323 e. The Labute approximate surface area is 154 Å². The Morgan fingerprint density at radius 1 is 0.923 bits per heavy atom. The summed E-state index contributed by atoms with van der Waals surface area (Å²) < 4.78 is 0. The Bertz CT molecular complexity index is 981. The lowest BCUT2D eigenvalue weighted by Gasteiger charge is -2.26. The van der Waals surface area contributed by atoms with Gasteiger partial charge in [-0.15, -0.1) is 0 Å². The van der Waals surface area contributed by atoms with E-state index in [9.17, 15) is 0 Å². The predicted molar refractivity (Wildman–Crippen MR) is 106 cm³/mol. The van der Waals surface area contributed by atoms with Crippen LogP contribution in [-0.2, 0) is 12.8 Å². The molecule has 26 heavy (non-hydrogen) atoms. The van der Waals surface area contributed by atoms with Gasteiger partial charge in [-0.2, -0.15) is 4.98 Å². The van der Waals surface area contributed by atoms with Gasteiger partial charge in [-0.25, -0.2) is 4.98 Å². The summed E-state index contributed by atoms with van der Waals surface area (Å²) in [5.41, 5.74) is 6.28. The van der Waals surface area contributed by atoms with Crippen LogP contribution in [0.5, 0.6) is 0 Å². The number of benzene rings is 2. The molecule has 0 amide bonds. The molecule has 0 saturated heterocycles. The number of aromatic nitrogens is 2. The third kappa shape index (κ3) is 2.37. The molecule has 0 aliphatic carbocycles. The van der Waals surface area contributed by atoms with E-state index < -0.39 is 0 Å². The van der Waals surface area contributed by atoms with E-state index in [1.54, 1.807) is 0 Å². The van der Waals surface area contributed by atoms with Gasteiger partial charge in [-0.05, 0) is 49.9 Å². The first-order valence-electron chi connectivity index (χ1n) is 9.29. The second kappa shape index (κ2) is 5.84. The van der Waals surface area contributed by atoms with Crippen LogP contribution in [0.4, 0.5) is 23.1 Å². The number of para-hydroxylation sites is 2. The average molecular weight is 342 g/mol. The minimum Gasteiger partial charge on any atom is -0.323 e. The second-order valence-electron chi connectivity index (χ2n) is 7.25. The van der Waals surface area contributed by atoms with Gasteiger partial charge in [0.25, 0.3) is 0 Å². The summed E-state index contributed by atoms with van der Waals surface area (Å²) in [6.45, 7) is 5.26. The number of rotatable bonds is 2. The van der Waals surface area contributed by atoms with Crippen molar-refractivity contribution in [1.29, 1.82) is 0 Å². The molecule has 3 heterocycles. The van der Waals surface area contributed by atoms with Crippen LogP contribution >= 0.6 is 0 Å². The smallest absolute Gasteiger partial charge is 0.232 e. The number of nitrogens with zero attached hydrogens (tertiary/aromatic N) is 4. The van der Waals surface area contributed by atoms with E-state index in [0.717, 1.165) is 36.8 Å². The molecule has 1 aromatic heterocycles. The Morgan fingerprint density at radius 3 is 2.50 bits per heavy atom. The van der Waals surface area contributed by atoms with Crippen LogP contribution in [0.3, 0.4) is 0 Å². The standard InChI is InChI=1S/C22H22N4/c1-15-13-21(26-16(2)14-18-8-4-6-10-20(18)26)24-22(23-15)25-12-11-17-7-3-5-9-19(17)25/h3-10,13,16H,11-12,14H2,1-2H3. The minimum atomic E-state index is 0.403. The fourth-order valence-corrected chi connectivity index (χ4v) is 4.24. The minimum absolute atomic E-state index is 0.403. The summed E-state index contributed by atoms with van der Waals surface area (Å²) in [4.78, 5) is 14.3. The molecule has 2 aliphatic rings. The van der Waals surface area contributed by atoms with Gasteiger partial charge in [0.05, 0.1) is 0 Å². The van der Waals surface area contributed by atoms with Gasteiger partial charge in [0.15, 0.2) is 0 Å². The Balaban J connectivity index is 1.59. The van der Waals surface area contributed by atoms with Crippen LogP contribution < -0.4 is 9.80 Å². The number of hydrogen-bond acceptors (Lipinski definition) is 4. The van der Waals surface area contributed by atoms with E-state index in [4.69, 9.17) is 9.97 Å². The number of hydrogen-bond donors (Lipinski definition) is 0. The molecule has 4 heteroatoms. The van der Waals surface area contributed by atoms with E-state index in [2.05, 4.69) is 78.2 Å². The molecule has 2 aromatic carbocycles. The first-order valence-corrected chi connectivity index (χ1v) is 9.29. The molecule has 5 rings (SSSR count). The zero-order valence-corrected chi connectivity index (χ0v) is 15.2. The van der Waals surface area contributed by atoms with Crippen molar-refractivity contribution in [1.82, 2.24) is 9.97 Å². The zero-order chi connectivity index (χ0) is 17.7.